The number of rotatable bonds is 4. The van der Waals surface area contributed by atoms with Crippen molar-refractivity contribution in [1.29, 1.82) is 0 Å². The number of nitrogens with one attached hydrogen (secondary N) is 2. The van der Waals surface area contributed by atoms with E-state index in [1.807, 2.05) is 0 Å². The molecular weight excluding hydrogens is 335 g/mol. The summed E-state index contributed by atoms with van der Waals surface area (Å²) in [5.41, 5.74) is 1.14. The number of alkyl halides is 3. The van der Waals surface area contributed by atoms with Gasteiger partial charge in [0.15, 0.2) is 0 Å². The zero-order valence-corrected chi connectivity index (χ0v) is 14.2. The molecule has 1 aromatic carbocycles. The van der Waals surface area contributed by atoms with Gasteiger partial charge in [0.05, 0.1) is 0 Å². The minimum absolute atomic E-state index is 0.0508. The number of hydrogen-bond acceptors (Lipinski definition) is 3. The summed E-state index contributed by atoms with van der Waals surface area (Å²) in [5, 5.41) is 5.19. The van der Waals surface area contributed by atoms with E-state index in [-0.39, 0.29) is 37.4 Å². The number of amides is 2. The van der Waals surface area contributed by atoms with Crippen molar-refractivity contribution in [2.45, 2.75) is 44.6 Å². The first-order valence-corrected chi connectivity index (χ1v) is 8.09. The zero-order valence-electron chi connectivity index (χ0n) is 14.2. The summed E-state index contributed by atoms with van der Waals surface area (Å²) < 4.78 is 40.0. The van der Waals surface area contributed by atoms with Gasteiger partial charge in [0, 0.05) is 38.7 Å². The molecule has 8 heteroatoms. The first-order valence-electron chi connectivity index (χ1n) is 8.09. The highest BCUT2D eigenvalue weighted by Crippen LogP contribution is 2.33. The lowest BCUT2D eigenvalue weighted by Gasteiger charge is -2.40. The van der Waals surface area contributed by atoms with Gasteiger partial charge in [0.1, 0.15) is 6.04 Å². The fourth-order valence-corrected chi connectivity index (χ4v) is 3.13. The highest BCUT2D eigenvalue weighted by molar-refractivity contribution is 5.93. The average molecular weight is 357 g/mol. The van der Waals surface area contributed by atoms with Crippen molar-refractivity contribution in [2.75, 3.05) is 13.6 Å². The summed E-state index contributed by atoms with van der Waals surface area (Å²) in [5.74, 6) is -0.492. The molecule has 1 saturated heterocycles. The summed E-state index contributed by atoms with van der Waals surface area (Å²) >= 11 is 0. The van der Waals surface area contributed by atoms with Crippen LogP contribution in [0.3, 0.4) is 0 Å². The number of likely N-dealkylation sites (tertiary alicyclic amines) is 1. The van der Waals surface area contributed by atoms with Crippen LogP contribution in [0.15, 0.2) is 24.3 Å². The molecule has 1 fully saturated rings. The van der Waals surface area contributed by atoms with Crippen LogP contribution >= 0.6 is 0 Å². The Balaban J connectivity index is 2.13. The van der Waals surface area contributed by atoms with Crippen LogP contribution in [0, 0.1) is 0 Å². The molecule has 0 aromatic heterocycles. The molecule has 1 aliphatic rings. The highest BCUT2D eigenvalue weighted by atomic mass is 19.4. The summed E-state index contributed by atoms with van der Waals surface area (Å²) in [6.07, 6.45) is -4.07. The van der Waals surface area contributed by atoms with Crippen molar-refractivity contribution in [3.63, 3.8) is 0 Å². The maximum absolute atomic E-state index is 13.3. The maximum atomic E-state index is 13.3. The van der Waals surface area contributed by atoms with E-state index >= 15 is 0 Å². The number of hydrogen-bond donors (Lipinski definition) is 2. The molecule has 0 bridgehead atoms. The predicted molar refractivity (Wildman–Crippen MR) is 86.9 cm³/mol. The lowest BCUT2D eigenvalue weighted by atomic mass is 9.96. The predicted octanol–water partition coefficient (Wildman–Crippen LogP) is 2.08. The van der Waals surface area contributed by atoms with Gasteiger partial charge in [0.2, 0.25) is 5.91 Å². The van der Waals surface area contributed by atoms with Gasteiger partial charge in [-0.3, -0.25) is 14.5 Å². The largest absolute Gasteiger partial charge is 0.404 e. The van der Waals surface area contributed by atoms with E-state index in [0.29, 0.717) is 17.5 Å². The van der Waals surface area contributed by atoms with Crippen LogP contribution in [0.1, 0.15) is 35.7 Å². The topological polar surface area (TPSA) is 61.4 Å². The van der Waals surface area contributed by atoms with Crippen molar-refractivity contribution < 1.29 is 22.8 Å². The molecule has 0 spiro atoms. The van der Waals surface area contributed by atoms with Gasteiger partial charge in [-0.1, -0.05) is 12.1 Å². The molecule has 0 saturated carbocycles. The fourth-order valence-electron chi connectivity index (χ4n) is 3.13. The molecule has 138 valence electrons. The van der Waals surface area contributed by atoms with Crippen molar-refractivity contribution in [3.05, 3.63) is 35.4 Å². The van der Waals surface area contributed by atoms with Gasteiger partial charge in [-0.2, -0.15) is 13.2 Å². The maximum Gasteiger partial charge on any atom is 0.404 e. The zero-order chi connectivity index (χ0) is 18.6. The highest BCUT2D eigenvalue weighted by Gasteiger charge is 2.46. The van der Waals surface area contributed by atoms with Gasteiger partial charge < -0.3 is 10.6 Å². The van der Waals surface area contributed by atoms with Crippen molar-refractivity contribution in [2.24, 2.45) is 0 Å². The summed E-state index contributed by atoms with van der Waals surface area (Å²) in [7, 11) is 1.51. The standard InChI is InChI=1S/C17H22F3N3O2/c1-11(24)22-14-7-8-15(17(18,19)20)23(10-14)9-12-3-5-13(6-4-12)16(25)21-2/h3-6,14-15H,7-10H2,1-2H3,(H,21,25)(H,22,24)/t14-,15+/m1/s1. The van der Waals surface area contributed by atoms with E-state index in [1.165, 1.54) is 18.9 Å². The van der Waals surface area contributed by atoms with E-state index in [2.05, 4.69) is 10.6 Å². The van der Waals surface area contributed by atoms with Crippen molar-refractivity contribution in [3.8, 4) is 0 Å². The Morgan fingerprint density at radius 1 is 1.20 bits per heavy atom. The quantitative estimate of drug-likeness (QED) is 0.867. The Bertz CT molecular complexity index is 617. The lowest BCUT2D eigenvalue weighted by Crippen LogP contribution is -2.55. The van der Waals surface area contributed by atoms with Gasteiger partial charge in [-0.05, 0) is 30.5 Å². The molecule has 1 aliphatic heterocycles. The van der Waals surface area contributed by atoms with Gasteiger partial charge >= 0.3 is 6.18 Å². The fraction of sp³-hybridized carbons (Fsp3) is 0.529. The Morgan fingerprint density at radius 2 is 1.84 bits per heavy atom. The van der Waals surface area contributed by atoms with Crippen molar-refractivity contribution >= 4 is 11.8 Å². The smallest absolute Gasteiger partial charge is 0.355 e. The molecule has 0 aliphatic carbocycles. The molecular formula is C17H22F3N3O2. The summed E-state index contributed by atoms with van der Waals surface area (Å²) in [4.78, 5) is 24.1. The van der Waals surface area contributed by atoms with E-state index in [0.717, 1.165) is 0 Å². The number of piperidine rings is 1. The minimum atomic E-state index is -4.32. The lowest BCUT2D eigenvalue weighted by molar-refractivity contribution is -0.194. The van der Waals surface area contributed by atoms with Crippen LogP contribution in [-0.4, -0.2) is 48.6 Å². The Morgan fingerprint density at radius 3 is 2.36 bits per heavy atom. The third-order valence-corrected chi connectivity index (χ3v) is 4.30. The molecule has 2 N–H and O–H groups in total. The van der Waals surface area contributed by atoms with Crippen LogP contribution in [0.2, 0.25) is 0 Å². The summed E-state index contributed by atoms with van der Waals surface area (Å²) in [6.45, 7) is 1.60. The number of carbonyl (C=O) groups is 2. The van der Waals surface area contributed by atoms with Crippen LogP contribution in [0.25, 0.3) is 0 Å². The second-order valence-electron chi connectivity index (χ2n) is 6.24. The molecule has 0 unspecified atom stereocenters. The summed E-state index contributed by atoms with van der Waals surface area (Å²) in [6, 6.07) is 4.66. The van der Waals surface area contributed by atoms with E-state index in [9.17, 15) is 22.8 Å². The van der Waals surface area contributed by atoms with Crippen LogP contribution < -0.4 is 10.6 Å². The van der Waals surface area contributed by atoms with Crippen LogP contribution in [-0.2, 0) is 11.3 Å². The Hall–Kier alpha value is -2.09. The third-order valence-electron chi connectivity index (χ3n) is 4.30. The normalized spacial score (nSPS) is 21.6. The number of nitrogens with zero attached hydrogens (tertiary/aromatic N) is 1. The first-order chi connectivity index (χ1) is 11.7. The molecule has 1 aromatic rings. The Labute approximate surface area is 144 Å². The first kappa shape index (κ1) is 19.2. The molecule has 5 nitrogen and oxygen atoms in total. The van der Waals surface area contributed by atoms with Gasteiger partial charge in [0.25, 0.3) is 5.91 Å². The number of carbonyl (C=O) groups excluding carboxylic acids is 2. The van der Waals surface area contributed by atoms with Crippen molar-refractivity contribution in [1.82, 2.24) is 15.5 Å². The van der Waals surface area contributed by atoms with Crippen LogP contribution in [0.5, 0.6) is 0 Å². The molecule has 25 heavy (non-hydrogen) atoms. The van der Waals surface area contributed by atoms with Crippen LogP contribution in [0.4, 0.5) is 13.2 Å². The minimum Gasteiger partial charge on any atom is -0.355 e. The van der Waals surface area contributed by atoms with Gasteiger partial charge in [-0.25, -0.2) is 0 Å². The van der Waals surface area contributed by atoms with E-state index in [4.69, 9.17) is 0 Å². The van der Waals surface area contributed by atoms with E-state index < -0.39 is 12.2 Å². The Kier molecular flexibility index (Phi) is 6.05. The monoisotopic (exact) mass is 357 g/mol. The second-order valence-corrected chi connectivity index (χ2v) is 6.24. The number of halogens is 3. The molecule has 2 rings (SSSR count). The molecule has 0 radical (unpaired) electrons. The average Bonchev–Trinajstić information content (AvgIpc) is 2.53. The van der Waals surface area contributed by atoms with Gasteiger partial charge in [-0.15, -0.1) is 0 Å². The number of benzene rings is 1. The SMILES string of the molecule is CNC(=O)c1ccc(CN2C[C@H](NC(C)=O)CC[C@H]2C(F)(F)F)cc1. The second kappa shape index (κ2) is 7.86. The molecule has 1 heterocycles. The molecule has 2 amide bonds. The third kappa shape index (κ3) is 5.19. The van der Waals surface area contributed by atoms with E-state index in [1.54, 1.807) is 24.3 Å². The molecule has 2 atom stereocenters.